The van der Waals surface area contributed by atoms with Gasteiger partial charge in [0.1, 0.15) is 10.9 Å². The van der Waals surface area contributed by atoms with E-state index in [2.05, 4.69) is 17.2 Å². The number of para-hydroxylation sites is 1. The maximum atomic E-state index is 13.4. The van der Waals surface area contributed by atoms with Crippen LogP contribution in [0.25, 0.3) is 10.2 Å². The van der Waals surface area contributed by atoms with E-state index in [1.54, 1.807) is 17.7 Å². The largest absolute Gasteiger partial charge is 0.324 e. The zero-order valence-corrected chi connectivity index (χ0v) is 18.2. The summed E-state index contributed by atoms with van der Waals surface area (Å²) in [6, 6.07) is 5.33. The van der Waals surface area contributed by atoms with E-state index in [-0.39, 0.29) is 11.5 Å². The molecule has 1 N–H and O–H groups in total. The first-order valence-corrected chi connectivity index (χ1v) is 11.1. The minimum atomic E-state index is -0.587. The van der Waals surface area contributed by atoms with Crippen LogP contribution in [-0.4, -0.2) is 15.5 Å². The second-order valence-corrected chi connectivity index (χ2v) is 9.25. The fourth-order valence-electron chi connectivity index (χ4n) is 4.29. The molecule has 3 aromatic rings. The van der Waals surface area contributed by atoms with E-state index in [1.165, 1.54) is 9.44 Å². The van der Waals surface area contributed by atoms with Crippen LogP contribution >= 0.6 is 11.3 Å². The lowest BCUT2D eigenvalue weighted by atomic mass is 9.89. The number of nitrogens with one attached hydrogen (secondary N) is 1. The number of hydrogen-bond acceptors (Lipinski definition) is 4. The van der Waals surface area contributed by atoms with Gasteiger partial charge in [-0.25, -0.2) is 4.98 Å². The highest BCUT2D eigenvalue weighted by Crippen LogP contribution is 2.35. The van der Waals surface area contributed by atoms with Crippen molar-refractivity contribution in [1.29, 1.82) is 0 Å². The summed E-state index contributed by atoms with van der Waals surface area (Å²) in [5, 5.41) is 3.76. The van der Waals surface area contributed by atoms with Gasteiger partial charge in [-0.3, -0.25) is 14.2 Å². The normalized spacial score (nSPS) is 17.2. The van der Waals surface area contributed by atoms with E-state index in [4.69, 9.17) is 0 Å². The molecular formula is C23H27N3O2S. The van der Waals surface area contributed by atoms with Crippen LogP contribution in [0.5, 0.6) is 0 Å². The van der Waals surface area contributed by atoms with E-state index in [1.807, 2.05) is 39.0 Å². The molecule has 2 atom stereocenters. The number of anilines is 1. The van der Waals surface area contributed by atoms with Crippen molar-refractivity contribution in [2.45, 2.75) is 59.4 Å². The lowest BCUT2D eigenvalue weighted by molar-refractivity contribution is -0.119. The molecule has 0 spiro atoms. The van der Waals surface area contributed by atoms with Crippen molar-refractivity contribution >= 4 is 33.1 Å². The van der Waals surface area contributed by atoms with Crippen LogP contribution in [-0.2, 0) is 17.6 Å². The van der Waals surface area contributed by atoms with Crippen molar-refractivity contribution < 1.29 is 4.79 Å². The molecule has 0 bridgehead atoms. The summed E-state index contributed by atoms with van der Waals surface area (Å²) >= 11 is 1.64. The van der Waals surface area contributed by atoms with Gasteiger partial charge in [-0.15, -0.1) is 11.3 Å². The minimum absolute atomic E-state index is 0.0921. The number of benzene rings is 1. The number of nitrogens with zero attached hydrogens (tertiary/aromatic N) is 2. The van der Waals surface area contributed by atoms with Crippen LogP contribution in [0, 0.1) is 19.8 Å². The molecule has 0 saturated carbocycles. The van der Waals surface area contributed by atoms with Gasteiger partial charge in [0.05, 0.1) is 11.7 Å². The Morgan fingerprint density at radius 2 is 2.07 bits per heavy atom. The molecule has 0 radical (unpaired) electrons. The summed E-state index contributed by atoms with van der Waals surface area (Å²) in [7, 11) is 0. The molecule has 4 rings (SSSR count). The Bertz CT molecular complexity index is 1120. The number of carbonyl (C=O) groups excluding carboxylic acids is 1. The monoisotopic (exact) mass is 409 g/mol. The third-order valence-corrected chi connectivity index (χ3v) is 7.16. The summed E-state index contributed by atoms with van der Waals surface area (Å²) in [5.41, 5.74) is 3.90. The van der Waals surface area contributed by atoms with E-state index in [0.717, 1.165) is 51.9 Å². The van der Waals surface area contributed by atoms with Crippen molar-refractivity contribution in [3.05, 3.63) is 56.4 Å². The second kappa shape index (κ2) is 7.75. The third-order valence-electron chi connectivity index (χ3n) is 6.00. The predicted octanol–water partition coefficient (Wildman–Crippen LogP) is 4.79. The number of rotatable bonds is 4. The Labute approximate surface area is 174 Å². The number of aromatic nitrogens is 2. The summed E-state index contributed by atoms with van der Waals surface area (Å²) < 4.78 is 1.52. The number of hydrogen-bond donors (Lipinski definition) is 1. The molecule has 5 nitrogen and oxygen atoms in total. The SMILES string of the molecule is CCC(C(=O)Nc1c(C)cccc1C)n1cnc2sc3c(c2c1=O)CCC(C)C3. The number of carbonyl (C=O) groups is 1. The molecule has 0 fully saturated rings. The van der Waals surface area contributed by atoms with Crippen LogP contribution in [0.4, 0.5) is 5.69 Å². The molecule has 1 aromatic carbocycles. The second-order valence-electron chi connectivity index (χ2n) is 8.17. The Hall–Kier alpha value is -2.47. The molecule has 2 aromatic heterocycles. The van der Waals surface area contributed by atoms with Gasteiger partial charge in [0, 0.05) is 10.6 Å². The Balaban J connectivity index is 1.73. The molecule has 0 aliphatic heterocycles. The minimum Gasteiger partial charge on any atom is -0.324 e. The van der Waals surface area contributed by atoms with E-state index in [9.17, 15) is 9.59 Å². The molecule has 1 aliphatic carbocycles. The molecule has 0 saturated heterocycles. The van der Waals surface area contributed by atoms with Crippen molar-refractivity contribution in [1.82, 2.24) is 9.55 Å². The molecule has 1 amide bonds. The standard InChI is InChI=1S/C23H27N3O2S/c1-5-17(21(27)25-20-14(3)7-6-8-15(20)4)26-12-24-22-19(23(26)28)16-10-9-13(2)11-18(16)29-22/h6-8,12-13,17H,5,9-11H2,1-4H3,(H,25,27). The highest BCUT2D eigenvalue weighted by Gasteiger charge is 2.26. The predicted molar refractivity (Wildman–Crippen MR) is 119 cm³/mol. The van der Waals surface area contributed by atoms with Crippen LogP contribution in [0.1, 0.15) is 54.3 Å². The van der Waals surface area contributed by atoms with Gasteiger partial charge < -0.3 is 5.32 Å². The number of aryl methyl sites for hydroxylation is 3. The average molecular weight is 410 g/mol. The highest BCUT2D eigenvalue weighted by molar-refractivity contribution is 7.18. The molecule has 29 heavy (non-hydrogen) atoms. The quantitative estimate of drug-likeness (QED) is 0.674. The lowest BCUT2D eigenvalue weighted by Crippen LogP contribution is -2.33. The molecule has 2 heterocycles. The molecule has 152 valence electrons. The topological polar surface area (TPSA) is 64.0 Å². The fourth-order valence-corrected chi connectivity index (χ4v) is 5.63. The van der Waals surface area contributed by atoms with Crippen LogP contribution in [0.3, 0.4) is 0 Å². The van der Waals surface area contributed by atoms with Gasteiger partial charge in [-0.2, -0.15) is 0 Å². The zero-order valence-electron chi connectivity index (χ0n) is 17.4. The lowest BCUT2D eigenvalue weighted by Gasteiger charge is -2.20. The van der Waals surface area contributed by atoms with Gasteiger partial charge in [-0.1, -0.05) is 32.0 Å². The van der Waals surface area contributed by atoms with Crippen LogP contribution < -0.4 is 10.9 Å². The van der Waals surface area contributed by atoms with Crippen molar-refractivity contribution in [3.63, 3.8) is 0 Å². The summed E-state index contributed by atoms with van der Waals surface area (Å²) in [5.74, 6) is 0.468. The highest BCUT2D eigenvalue weighted by atomic mass is 32.1. The van der Waals surface area contributed by atoms with Gasteiger partial charge in [0.2, 0.25) is 5.91 Å². The maximum absolute atomic E-state index is 13.4. The van der Waals surface area contributed by atoms with Crippen molar-refractivity contribution in [3.8, 4) is 0 Å². The molecule has 6 heteroatoms. The molecular weight excluding hydrogens is 382 g/mol. The van der Waals surface area contributed by atoms with Crippen LogP contribution in [0.2, 0.25) is 0 Å². The Morgan fingerprint density at radius 3 is 2.76 bits per heavy atom. The Kier molecular flexibility index (Phi) is 5.30. The molecule has 2 unspecified atom stereocenters. The van der Waals surface area contributed by atoms with Gasteiger partial charge in [0.15, 0.2) is 0 Å². The van der Waals surface area contributed by atoms with Gasteiger partial charge in [-0.05, 0) is 62.1 Å². The third kappa shape index (κ3) is 3.50. The first-order valence-electron chi connectivity index (χ1n) is 10.3. The number of amides is 1. The number of thiophene rings is 1. The smallest absolute Gasteiger partial charge is 0.263 e. The number of fused-ring (bicyclic) bond motifs is 3. The summed E-state index contributed by atoms with van der Waals surface area (Å²) in [4.78, 5) is 33.1. The fraction of sp³-hybridized carbons (Fsp3) is 0.435. The van der Waals surface area contributed by atoms with Gasteiger partial charge in [0.25, 0.3) is 5.56 Å². The maximum Gasteiger partial charge on any atom is 0.263 e. The zero-order chi connectivity index (χ0) is 20.7. The summed E-state index contributed by atoms with van der Waals surface area (Å²) in [6.45, 7) is 8.13. The van der Waals surface area contributed by atoms with Crippen molar-refractivity contribution in [2.75, 3.05) is 5.32 Å². The van der Waals surface area contributed by atoms with E-state index in [0.29, 0.717) is 12.3 Å². The Morgan fingerprint density at radius 1 is 1.34 bits per heavy atom. The van der Waals surface area contributed by atoms with Gasteiger partial charge >= 0.3 is 0 Å². The summed E-state index contributed by atoms with van der Waals surface area (Å²) in [6.07, 6.45) is 5.10. The average Bonchev–Trinajstić information content (AvgIpc) is 3.05. The first kappa shape index (κ1) is 19.8. The van der Waals surface area contributed by atoms with E-state index >= 15 is 0 Å². The van der Waals surface area contributed by atoms with Crippen LogP contribution in [0.15, 0.2) is 29.3 Å². The van der Waals surface area contributed by atoms with E-state index < -0.39 is 6.04 Å². The first-order chi connectivity index (χ1) is 13.9. The molecule has 1 aliphatic rings. The van der Waals surface area contributed by atoms with Crippen molar-refractivity contribution in [2.24, 2.45) is 5.92 Å².